The molecule has 0 atom stereocenters. The zero-order valence-corrected chi connectivity index (χ0v) is 15.5. The Kier molecular flexibility index (Phi) is 4.54. The van der Waals surface area contributed by atoms with Gasteiger partial charge in [-0.05, 0) is 31.9 Å². The molecule has 6 heteroatoms. The number of benzene rings is 1. The van der Waals surface area contributed by atoms with Gasteiger partial charge in [-0.15, -0.1) is 0 Å². The van der Waals surface area contributed by atoms with Crippen molar-refractivity contribution in [3.8, 4) is 0 Å². The van der Waals surface area contributed by atoms with Crippen LogP contribution in [0.15, 0.2) is 36.5 Å². The Labute approximate surface area is 154 Å². The number of hydrogen-bond acceptors (Lipinski definition) is 4. The fraction of sp³-hybridized carbons (Fsp3) is 0.500. The number of anilines is 1. The van der Waals surface area contributed by atoms with Crippen molar-refractivity contribution < 1.29 is 9.53 Å². The van der Waals surface area contributed by atoms with Gasteiger partial charge < -0.3 is 9.64 Å². The van der Waals surface area contributed by atoms with Crippen LogP contribution in [0.2, 0.25) is 0 Å². The molecule has 1 spiro atoms. The molecule has 4 rings (SSSR count). The van der Waals surface area contributed by atoms with E-state index in [0.29, 0.717) is 6.54 Å². The summed E-state index contributed by atoms with van der Waals surface area (Å²) in [6, 6.07) is 9.92. The molecular formula is C20H26N4O2. The highest BCUT2D eigenvalue weighted by atomic mass is 16.5. The number of likely N-dealkylation sites (tertiary alicyclic amines) is 1. The summed E-state index contributed by atoms with van der Waals surface area (Å²) in [7, 11) is 1.97. The third kappa shape index (κ3) is 3.39. The van der Waals surface area contributed by atoms with Gasteiger partial charge in [0.2, 0.25) is 0 Å². The molecule has 1 amide bonds. The summed E-state index contributed by atoms with van der Waals surface area (Å²) < 4.78 is 7.94. The Hall–Kier alpha value is -2.18. The summed E-state index contributed by atoms with van der Waals surface area (Å²) >= 11 is 0. The number of amides is 1. The molecule has 0 saturated carbocycles. The number of hydrogen-bond donors (Lipinski definition) is 0. The maximum atomic E-state index is 12.3. The maximum absolute atomic E-state index is 12.3. The zero-order chi connectivity index (χ0) is 18.1. The SMILES string of the molecule is Cc1nn(C)cc1CN1CCC2(CC1)CN(c1ccccc1)C(=O)CO2. The van der Waals surface area contributed by atoms with Gasteiger partial charge in [-0.2, -0.15) is 5.10 Å². The number of piperidine rings is 1. The lowest BCUT2D eigenvalue weighted by atomic mass is 9.89. The van der Waals surface area contributed by atoms with Crippen LogP contribution in [-0.2, 0) is 23.1 Å². The Morgan fingerprint density at radius 3 is 2.58 bits per heavy atom. The number of aryl methyl sites for hydroxylation is 2. The van der Waals surface area contributed by atoms with Gasteiger partial charge in [0.25, 0.3) is 5.91 Å². The zero-order valence-electron chi connectivity index (χ0n) is 15.5. The highest BCUT2D eigenvalue weighted by molar-refractivity contribution is 5.95. The number of carbonyl (C=O) groups is 1. The van der Waals surface area contributed by atoms with Crippen LogP contribution in [-0.4, -0.2) is 52.4 Å². The lowest BCUT2D eigenvalue weighted by Gasteiger charge is -2.47. The van der Waals surface area contributed by atoms with Crippen LogP contribution in [0.3, 0.4) is 0 Å². The third-order valence-corrected chi connectivity index (χ3v) is 5.59. The topological polar surface area (TPSA) is 50.6 Å². The van der Waals surface area contributed by atoms with Crippen molar-refractivity contribution in [1.29, 1.82) is 0 Å². The van der Waals surface area contributed by atoms with Crippen LogP contribution in [0.5, 0.6) is 0 Å². The summed E-state index contributed by atoms with van der Waals surface area (Å²) in [5.74, 6) is 0.0511. The molecule has 2 saturated heterocycles. The van der Waals surface area contributed by atoms with Crippen molar-refractivity contribution in [2.75, 3.05) is 31.1 Å². The Balaban J connectivity index is 1.41. The molecule has 1 aromatic heterocycles. The van der Waals surface area contributed by atoms with Crippen molar-refractivity contribution in [3.05, 3.63) is 47.8 Å². The maximum Gasteiger partial charge on any atom is 0.253 e. The van der Waals surface area contributed by atoms with E-state index < -0.39 is 0 Å². The monoisotopic (exact) mass is 354 g/mol. The molecule has 0 N–H and O–H groups in total. The van der Waals surface area contributed by atoms with E-state index in [9.17, 15) is 4.79 Å². The minimum Gasteiger partial charge on any atom is -0.363 e. The molecule has 1 aromatic carbocycles. The fourth-order valence-electron chi connectivity index (χ4n) is 4.02. The molecule has 138 valence electrons. The van der Waals surface area contributed by atoms with Gasteiger partial charge in [0.05, 0.1) is 17.8 Å². The summed E-state index contributed by atoms with van der Waals surface area (Å²) in [6.07, 6.45) is 4.00. The van der Waals surface area contributed by atoms with E-state index in [-0.39, 0.29) is 18.1 Å². The Morgan fingerprint density at radius 2 is 1.92 bits per heavy atom. The van der Waals surface area contributed by atoms with Gasteiger partial charge in [0.15, 0.2) is 0 Å². The molecule has 0 bridgehead atoms. The smallest absolute Gasteiger partial charge is 0.253 e. The van der Waals surface area contributed by atoms with E-state index in [2.05, 4.69) is 23.1 Å². The predicted molar refractivity (Wildman–Crippen MR) is 99.9 cm³/mol. The van der Waals surface area contributed by atoms with Crippen LogP contribution in [0.4, 0.5) is 5.69 Å². The number of rotatable bonds is 3. The lowest BCUT2D eigenvalue weighted by molar-refractivity contribution is -0.144. The second-order valence-corrected chi connectivity index (χ2v) is 7.48. The van der Waals surface area contributed by atoms with Crippen LogP contribution >= 0.6 is 0 Å². The molecule has 26 heavy (non-hydrogen) atoms. The van der Waals surface area contributed by atoms with Crippen molar-refractivity contribution in [2.24, 2.45) is 7.05 Å². The van der Waals surface area contributed by atoms with E-state index >= 15 is 0 Å². The number of morpholine rings is 1. The van der Waals surface area contributed by atoms with Crippen LogP contribution in [0.25, 0.3) is 0 Å². The van der Waals surface area contributed by atoms with E-state index in [1.807, 2.05) is 47.0 Å². The van der Waals surface area contributed by atoms with Gasteiger partial charge >= 0.3 is 0 Å². The van der Waals surface area contributed by atoms with E-state index in [4.69, 9.17) is 4.74 Å². The highest BCUT2D eigenvalue weighted by Crippen LogP contribution is 2.33. The van der Waals surface area contributed by atoms with Crippen molar-refractivity contribution in [1.82, 2.24) is 14.7 Å². The van der Waals surface area contributed by atoms with Crippen LogP contribution < -0.4 is 4.90 Å². The first kappa shape index (κ1) is 17.2. The van der Waals surface area contributed by atoms with Gasteiger partial charge in [-0.3, -0.25) is 14.4 Å². The Morgan fingerprint density at radius 1 is 1.19 bits per heavy atom. The van der Waals surface area contributed by atoms with Gasteiger partial charge in [-0.1, -0.05) is 18.2 Å². The second-order valence-electron chi connectivity index (χ2n) is 7.48. The van der Waals surface area contributed by atoms with Crippen molar-refractivity contribution in [3.63, 3.8) is 0 Å². The van der Waals surface area contributed by atoms with E-state index in [1.165, 1.54) is 5.56 Å². The first-order chi connectivity index (χ1) is 12.5. The number of nitrogens with zero attached hydrogens (tertiary/aromatic N) is 4. The minimum atomic E-state index is -0.218. The number of aromatic nitrogens is 2. The van der Waals surface area contributed by atoms with Crippen LogP contribution in [0.1, 0.15) is 24.1 Å². The summed E-state index contributed by atoms with van der Waals surface area (Å²) in [4.78, 5) is 16.7. The molecule has 2 aliphatic heterocycles. The predicted octanol–water partition coefficient (Wildman–Crippen LogP) is 2.13. The molecule has 2 aromatic rings. The lowest BCUT2D eigenvalue weighted by Crippen LogP contribution is -2.58. The molecule has 0 radical (unpaired) electrons. The average Bonchev–Trinajstić information content (AvgIpc) is 2.97. The standard InChI is InChI=1S/C20H26N4O2/c1-16-17(12-22(2)21-16)13-23-10-8-20(9-11-23)15-24(19(25)14-26-20)18-6-4-3-5-7-18/h3-7,12H,8-11,13-15H2,1-2H3. The van der Waals surface area contributed by atoms with Crippen LogP contribution in [0, 0.1) is 6.92 Å². The molecule has 6 nitrogen and oxygen atoms in total. The van der Waals surface area contributed by atoms with Gasteiger partial charge in [0, 0.05) is 44.1 Å². The first-order valence-corrected chi connectivity index (χ1v) is 9.26. The van der Waals surface area contributed by atoms with Crippen molar-refractivity contribution in [2.45, 2.75) is 31.9 Å². The van der Waals surface area contributed by atoms with Gasteiger partial charge in [0.1, 0.15) is 6.61 Å². The summed E-state index contributed by atoms with van der Waals surface area (Å²) in [5.41, 5.74) is 3.13. The molecule has 0 unspecified atom stereocenters. The summed E-state index contributed by atoms with van der Waals surface area (Å²) in [6.45, 7) is 5.77. The Bertz CT molecular complexity index is 778. The largest absolute Gasteiger partial charge is 0.363 e. The molecular weight excluding hydrogens is 328 g/mol. The molecule has 3 heterocycles. The molecule has 2 fully saturated rings. The number of ether oxygens (including phenoxy) is 1. The van der Waals surface area contributed by atoms with E-state index in [1.54, 1.807) is 0 Å². The van der Waals surface area contributed by atoms with Gasteiger partial charge in [-0.25, -0.2) is 0 Å². The minimum absolute atomic E-state index is 0.0511. The molecule has 2 aliphatic rings. The number of carbonyl (C=O) groups excluding carboxylic acids is 1. The first-order valence-electron chi connectivity index (χ1n) is 9.26. The van der Waals surface area contributed by atoms with Crippen molar-refractivity contribution >= 4 is 11.6 Å². The fourth-order valence-corrected chi connectivity index (χ4v) is 4.02. The number of para-hydroxylation sites is 1. The normalized spacial score (nSPS) is 20.7. The van der Waals surface area contributed by atoms with E-state index in [0.717, 1.165) is 43.9 Å². The highest BCUT2D eigenvalue weighted by Gasteiger charge is 2.42. The molecule has 0 aliphatic carbocycles. The quantitative estimate of drug-likeness (QED) is 0.847. The second kappa shape index (κ2) is 6.85. The average molecular weight is 354 g/mol. The third-order valence-electron chi connectivity index (χ3n) is 5.59. The summed E-state index contributed by atoms with van der Waals surface area (Å²) in [5, 5.41) is 4.43.